The van der Waals surface area contributed by atoms with Gasteiger partial charge in [0.1, 0.15) is 11.3 Å². The molecule has 1 heterocycles. The molecule has 0 spiro atoms. The van der Waals surface area contributed by atoms with E-state index < -0.39 is 11.5 Å². The summed E-state index contributed by atoms with van der Waals surface area (Å²) in [5.74, 6) is -0.898. The van der Waals surface area contributed by atoms with Gasteiger partial charge in [-0.1, -0.05) is 19.1 Å². The molecule has 30 heavy (non-hydrogen) atoms. The number of aromatic nitrogens is 1. The van der Waals surface area contributed by atoms with Gasteiger partial charge in [0.15, 0.2) is 11.5 Å². The van der Waals surface area contributed by atoms with Gasteiger partial charge in [-0.3, -0.25) is 9.59 Å². The van der Waals surface area contributed by atoms with Crippen LogP contribution in [0.15, 0.2) is 52.4 Å². The number of benzene rings is 2. The molecule has 1 amide bonds. The first-order valence-corrected chi connectivity index (χ1v) is 9.61. The number of hydrogen-bond donors (Lipinski definition) is 3. The number of hydrazone groups is 1. The summed E-state index contributed by atoms with van der Waals surface area (Å²) in [6.45, 7) is 4.51. The number of pyridine rings is 1. The number of phenolic OH excluding ortho intramolecular Hbond substituents is 1. The third kappa shape index (κ3) is 4.12. The number of hydrogen-bond acceptors (Lipinski definition) is 6. The number of aryl methyl sites for hydroxylation is 1. The molecule has 0 saturated heterocycles. The quantitative estimate of drug-likeness (QED) is 0.410. The van der Waals surface area contributed by atoms with E-state index in [1.165, 1.54) is 16.8 Å². The van der Waals surface area contributed by atoms with E-state index in [0.29, 0.717) is 41.8 Å². The monoisotopic (exact) mass is 409 g/mol. The molecule has 8 heteroatoms. The van der Waals surface area contributed by atoms with Crippen molar-refractivity contribution in [3.8, 4) is 17.2 Å². The molecule has 2 aromatic carbocycles. The number of carbonyl (C=O) groups excluding carboxylic acids is 1. The van der Waals surface area contributed by atoms with Crippen LogP contribution < -0.4 is 15.7 Å². The molecular weight excluding hydrogens is 386 g/mol. The number of nitrogens with zero attached hydrogens (tertiary/aromatic N) is 2. The van der Waals surface area contributed by atoms with Crippen molar-refractivity contribution in [1.29, 1.82) is 0 Å². The molecule has 0 radical (unpaired) electrons. The molecular formula is C22H23N3O5. The molecule has 0 aliphatic carbocycles. The van der Waals surface area contributed by atoms with E-state index in [1.807, 2.05) is 6.92 Å². The zero-order chi connectivity index (χ0) is 21.7. The minimum atomic E-state index is -0.812. The summed E-state index contributed by atoms with van der Waals surface area (Å²) in [4.78, 5) is 25.5. The van der Waals surface area contributed by atoms with Crippen molar-refractivity contribution >= 4 is 23.0 Å². The fraction of sp³-hybridized carbons (Fsp3) is 0.227. The molecule has 3 rings (SSSR count). The summed E-state index contributed by atoms with van der Waals surface area (Å²) in [6, 6.07) is 11.5. The predicted octanol–water partition coefficient (Wildman–Crippen LogP) is 2.99. The van der Waals surface area contributed by atoms with Crippen LogP contribution in [0.25, 0.3) is 10.9 Å². The molecule has 3 aromatic rings. The number of fused-ring (bicyclic) bond motifs is 1. The smallest absolute Gasteiger partial charge is 0.280 e. The Labute approximate surface area is 173 Å². The van der Waals surface area contributed by atoms with E-state index in [-0.39, 0.29) is 17.1 Å². The van der Waals surface area contributed by atoms with E-state index in [0.717, 1.165) is 0 Å². The maximum Gasteiger partial charge on any atom is 0.280 e. The molecule has 0 aliphatic heterocycles. The summed E-state index contributed by atoms with van der Waals surface area (Å²) >= 11 is 0. The number of amides is 1. The van der Waals surface area contributed by atoms with E-state index in [1.54, 1.807) is 43.3 Å². The molecule has 0 bridgehead atoms. The van der Waals surface area contributed by atoms with Crippen molar-refractivity contribution in [2.75, 3.05) is 6.61 Å². The molecule has 0 saturated carbocycles. The van der Waals surface area contributed by atoms with Crippen LogP contribution in [0.3, 0.4) is 0 Å². The summed E-state index contributed by atoms with van der Waals surface area (Å²) in [5.41, 5.74) is 2.48. The van der Waals surface area contributed by atoms with Gasteiger partial charge in [-0.15, -0.1) is 0 Å². The van der Waals surface area contributed by atoms with Gasteiger partial charge < -0.3 is 19.5 Å². The van der Waals surface area contributed by atoms with Crippen LogP contribution in [-0.2, 0) is 6.54 Å². The standard InChI is InChI=1S/C22H23N3O5/c1-3-11-25-16-8-6-5-7-15(16)20(27)19(22(25)29)21(28)24-23-13-14-9-10-17(26)18(12-14)30-4-2/h5-10,12-13,26-27H,3-4,11H2,1-2H3,(H,24,28)/b23-13-. The topological polar surface area (TPSA) is 113 Å². The van der Waals surface area contributed by atoms with E-state index in [4.69, 9.17) is 4.74 Å². The Balaban J connectivity index is 1.91. The average molecular weight is 409 g/mol. The van der Waals surface area contributed by atoms with Gasteiger partial charge in [-0.25, -0.2) is 5.43 Å². The van der Waals surface area contributed by atoms with Crippen molar-refractivity contribution < 1.29 is 19.7 Å². The van der Waals surface area contributed by atoms with Gasteiger partial charge in [0, 0.05) is 11.9 Å². The third-order valence-electron chi connectivity index (χ3n) is 4.48. The highest BCUT2D eigenvalue weighted by molar-refractivity contribution is 6.02. The number of nitrogens with one attached hydrogen (secondary N) is 1. The molecule has 0 fully saturated rings. The molecule has 0 atom stereocenters. The Bertz CT molecular complexity index is 1170. The van der Waals surface area contributed by atoms with Crippen LogP contribution in [0, 0.1) is 0 Å². The summed E-state index contributed by atoms with van der Waals surface area (Å²) in [5, 5.41) is 24.6. The van der Waals surface area contributed by atoms with Crippen LogP contribution in [0.4, 0.5) is 0 Å². The number of aromatic hydroxyl groups is 2. The van der Waals surface area contributed by atoms with Crippen LogP contribution in [0.2, 0.25) is 0 Å². The SMILES string of the molecule is CCCn1c(=O)c(C(=O)N/N=C\c2ccc(O)c(OCC)c2)c(O)c2ccccc21. The van der Waals surface area contributed by atoms with Crippen molar-refractivity contribution in [2.45, 2.75) is 26.8 Å². The minimum Gasteiger partial charge on any atom is -0.506 e. The van der Waals surface area contributed by atoms with Crippen molar-refractivity contribution in [1.82, 2.24) is 9.99 Å². The van der Waals surface area contributed by atoms with Crippen molar-refractivity contribution in [3.05, 3.63) is 63.9 Å². The number of ether oxygens (including phenoxy) is 1. The molecule has 8 nitrogen and oxygen atoms in total. The van der Waals surface area contributed by atoms with Gasteiger partial charge in [0.2, 0.25) is 0 Å². The number of para-hydroxylation sites is 1. The van der Waals surface area contributed by atoms with Gasteiger partial charge in [-0.05, 0) is 49.2 Å². The van der Waals surface area contributed by atoms with Gasteiger partial charge >= 0.3 is 0 Å². The lowest BCUT2D eigenvalue weighted by molar-refractivity contribution is 0.0950. The lowest BCUT2D eigenvalue weighted by atomic mass is 10.1. The summed E-state index contributed by atoms with van der Waals surface area (Å²) < 4.78 is 6.78. The highest BCUT2D eigenvalue weighted by Gasteiger charge is 2.21. The van der Waals surface area contributed by atoms with Crippen LogP contribution in [0.1, 0.15) is 36.2 Å². The third-order valence-corrected chi connectivity index (χ3v) is 4.48. The minimum absolute atomic E-state index is 0.00408. The first-order valence-electron chi connectivity index (χ1n) is 9.61. The summed E-state index contributed by atoms with van der Waals surface area (Å²) in [6.07, 6.45) is 2.04. The second-order valence-corrected chi connectivity index (χ2v) is 6.56. The first-order chi connectivity index (χ1) is 14.5. The van der Waals surface area contributed by atoms with Crippen LogP contribution >= 0.6 is 0 Å². The summed E-state index contributed by atoms with van der Waals surface area (Å²) in [7, 11) is 0. The lowest BCUT2D eigenvalue weighted by Crippen LogP contribution is -2.31. The van der Waals surface area contributed by atoms with E-state index >= 15 is 0 Å². The Morgan fingerprint density at radius 2 is 1.97 bits per heavy atom. The lowest BCUT2D eigenvalue weighted by Gasteiger charge is -2.13. The Morgan fingerprint density at radius 1 is 1.20 bits per heavy atom. The van der Waals surface area contributed by atoms with Gasteiger partial charge in [0.05, 0.1) is 18.3 Å². The Hall–Kier alpha value is -3.81. The maximum absolute atomic E-state index is 12.9. The normalized spacial score (nSPS) is 11.1. The number of rotatable bonds is 7. The van der Waals surface area contributed by atoms with Crippen molar-refractivity contribution in [2.24, 2.45) is 5.10 Å². The van der Waals surface area contributed by atoms with Gasteiger partial charge in [-0.2, -0.15) is 5.10 Å². The first kappa shape index (κ1) is 20.9. The zero-order valence-corrected chi connectivity index (χ0v) is 16.8. The van der Waals surface area contributed by atoms with E-state index in [2.05, 4.69) is 10.5 Å². The highest BCUT2D eigenvalue weighted by atomic mass is 16.5. The zero-order valence-electron chi connectivity index (χ0n) is 16.8. The number of carbonyl (C=O) groups is 1. The second kappa shape index (κ2) is 9.13. The molecule has 156 valence electrons. The molecule has 1 aromatic heterocycles. The predicted molar refractivity (Wildman–Crippen MR) is 114 cm³/mol. The van der Waals surface area contributed by atoms with Crippen molar-refractivity contribution in [3.63, 3.8) is 0 Å². The van der Waals surface area contributed by atoms with Crippen LogP contribution in [-0.4, -0.2) is 33.5 Å². The average Bonchev–Trinajstić information content (AvgIpc) is 2.74. The largest absolute Gasteiger partial charge is 0.506 e. The highest BCUT2D eigenvalue weighted by Crippen LogP contribution is 2.27. The Kier molecular flexibility index (Phi) is 6.36. The maximum atomic E-state index is 12.9. The number of phenols is 1. The fourth-order valence-electron chi connectivity index (χ4n) is 3.14. The Morgan fingerprint density at radius 3 is 2.70 bits per heavy atom. The fourth-order valence-corrected chi connectivity index (χ4v) is 3.14. The van der Waals surface area contributed by atoms with Gasteiger partial charge in [0.25, 0.3) is 11.5 Å². The molecule has 3 N–H and O–H groups in total. The molecule has 0 aliphatic rings. The second-order valence-electron chi connectivity index (χ2n) is 6.56. The van der Waals surface area contributed by atoms with Crippen LogP contribution in [0.5, 0.6) is 17.2 Å². The van der Waals surface area contributed by atoms with E-state index in [9.17, 15) is 19.8 Å². The molecule has 0 unspecified atom stereocenters.